The quantitative estimate of drug-likeness (QED) is 0.643. The predicted octanol–water partition coefficient (Wildman–Crippen LogP) is 1.58. The van der Waals surface area contributed by atoms with E-state index < -0.39 is 22.4 Å². The number of carbonyl (C=O) groups excluding carboxylic acids is 1. The van der Waals surface area contributed by atoms with E-state index in [0.717, 1.165) is 9.82 Å². The maximum absolute atomic E-state index is 13.0. The van der Waals surface area contributed by atoms with Crippen molar-refractivity contribution in [2.24, 2.45) is 7.05 Å². The summed E-state index contributed by atoms with van der Waals surface area (Å²) in [4.78, 5) is 15.9. The summed E-state index contributed by atoms with van der Waals surface area (Å²) in [5.41, 5.74) is 1.96. The largest absolute Gasteiger partial charge is 0.468 e. The molecule has 0 radical (unpaired) electrons. The van der Waals surface area contributed by atoms with Crippen molar-refractivity contribution in [1.29, 1.82) is 0 Å². The number of aliphatic hydroxyl groups excluding tert-OH is 1. The minimum absolute atomic E-state index is 0.0914. The van der Waals surface area contributed by atoms with Gasteiger partial charge in [-0.15, -0.1) is 0 Å². The number of benzene rings is 2. The molecule has 0 atom stereocenters. The summed E-state index contributed by atoms with van der Waals surface area (Å²) >= 11 is 0. The standard InChI is InChI=1S/C18H19N3O5S/c1-20-16-9-8-14(10-15(16)19-18(20)26-3)27(24,25)21(2)13-6-4-12(5-7-13)17(23)11-22/h4-10,22H,11H2,1-3H3. The molecule has 1 heterocycles. The summed E-state index contributed by atoms with van der Waals surface area (Å²) in [5.74, 6) is -0.429. The van der Waals surface area contributed by atoms with E-state index in [-0.39, 0.29) is 4.90 Å². The van der Waals surface area contributed by atoms with Crippen LogP contribution in [-0.4, -0.2) is 49.6 Å². The highest BCUT2D eigenvalue weighted by molar-refractivity contribution is 7.92. The molecule has 0 aliphatic heterocycles. The lowest BCUT2D eigenvalue weighted by molar-refractivity contribution is 0.0904. The lowest BCUT2D eigenvalue weighted by Crippen LogP contribution is -2.26. The van der Waals surface area contributed by atoms with Crippen LogP contribution < -0.4 is 9.04 Å². The third-order valence-electron chi connectivity index (χ3n) is 4.35. The number of carbonyl (C=O) groups is 1. The summed E-state index contributed by atoms with van der Waals surface area (Å²) in [7, 11) is 0.888. The lowest BCUT2D eigenvalue weighted by Gasteiger charge is -2.19. The highest BCUT2D eigenvalue weighted by atomic mass is 32.2. The van der Waals surface area contributed by atoms with Crippen molar-refractivity contribution >= 4 is 32.5 Å². The Morgan fingerprint density at radius 1 is 1.22 bits per heavy atom. The van der Waals surface area contributed by atoms with Gasteiger partial charge in [-0.3, -0.25) is 13.7 Å². The number of fused-ring (bicyclic) bond motifs is 1. The maximum atomic E-state index is 13.0. The molecule has 0 aliphatic carbocycles. The monoisotopic (exact) mass is 389 g/mol. The van der Waals surface area contributed by atoms with Crippen LogP contribution in [0.4, 0.5) is 5.69 Å². The van der Waals surface area contributed by atoms with E-state index in [1.807, 2.05) is 0 Å². The van der Waals surface area contributed by atoms with Gasteiger partial charge in [0.25, 0.3) is 16.0 Å². The molecule has 8 nitrogen and oxygen atoms in total. The number of aromatic nitrogens is 2. The number of hydrogen-bond acceptors (Lipinski definition) is 6. The average molecular weight is 389 g/mol. The number of anilines is 1. The van der Waals surface area contributed by atoms with Crippen LogP contribution >= 0.6 is 0 Å². The number of nitrogens with zero attached hydrogens (tertiary/aromatic N) is 3. The second-order valence-corrected chi connectivity index (χ2v) is 7.88. The van der Waals surface area contributed by atoms with Gasteiger partial charge < -0.3 is 9.84 Å². The summed E-state index contributed by atoms with van der Waals surface area (Å²) in [6.07, 6.45) is 0. The summed E-state index contributed by atoms with van der Waals surface area (Å²) in [5, 5.41) is 8.90. The van der Waals surface area contributed by atoms with Gasteiger partial charge in [-0.05, 0) is 42.5 Å². The molecule has 0 fully saturated rings. The van der Waals surface area contributed by atoms with Crippen molar-refractivity contribution in [2.45, 2.75) is 4.90 Å². The number of rotatable bonds is 6. The minimum Gasteiger partial charge on any atom is -0.468 e. The van der Waals surface area contributed by atoms with Crippen LogP contribution in [0.25, 0.3) is 11.0 Å². The molecule has 0 aliphatic rings. The zero-order valence-electron chi connectivity index (χ0n) is 15.1. The molecule has 0 spiro atoms. The van der Waals surface area contributed by atoms with E-state index in [0.29, 0.717) is 22.8 Å². The van der Waals surface area contributed by atoms with Crippen LogP contribution in [0.2, 0.25) is 0 Å². The van der Waals surface area contributed by atoms with Crippen molar-refractivity contribution in [2.75, 3.05) is 25.1 Å². The number of Topliss-reactive ketones (excluding diaryl/α,β-unsaturated/α-hetero) is 1. The van der Waals surface area contributed by atoms with E-state index in [4.69, 9.17) is 9.84 Å². The number of methoxy groups -OCH3 is 1. The molecular formula is C18H19N3O5S. The molecule has 142 valence electrons. The van der Waals surface area contributed by atoms with E-state index in [1.54, 1.807) is 17.7 Å². The fraction of sp³-hybridized carbons (Fsp3) is 0.222. The van der Waals surface area contributed by atoms with Crippen molar-refractivity contribution in [3.05, 3.63) is 48.0 Å². The summed E-state index contributed by atoms with van der Waals surface area (Å²) < 4.78 is 33.9. The zero-order valence-corrected chi connectivity index (χ0v) is 15.9. The Balaban J connectivity index is 1.97. The average Bonchev–Trinajstić information content (AvgIpc) is 3.02. The zero-order chi connectivity index (χ0) is 19.8. The van der Waals surface area contributed by atoms with E-state index >= 15 is 0 Å². The summed E-state index contributed by atoms with van der Waals surface area (Å²) in [6, 6.07) is 11.1. The second-order valence-electron chi connectivity index (χ2n) is 5.91. The molecule has 0 unspecified atom stereocenters. The number of imidazole rings is 1. The second kappa shape index (κ2) is 7.01. The van der Waals surface area contributed by atoms with Crippen molar-refractivity contribution < 1.29 is 23.1 Å². The number of sulfonamides is 1. The number of aryl methyl sites for hydroxylation is 1. The van der Waals surface area contributed by atoms with Crippen LogP contribution in [0.3, 0.4) is 0 Å². The number of ether oxygens (including phenoxy) is 1. The third kappa shape index (κ3) is 3.26. The topological polar surface area (TPSA) is 102 Å². The van der Waals surface area contributed by atoms with Gasteiger partial charge in [-0.25, -0.2) is 8.42 Å². The van der Waals surface area contributed by atoms with Crippen LogP contribution in [0.5, 0.6) is 6.01 Å². The van der Waals surface area contributed by atoms with Crippen LogP contribution in [-0.2, 0) is 17.1 Å². The van der Waals surface area contributed by atoms with Gasteiger partial charge in [-0.1, -0.05) is 0 Å². The molecule has 0 saturated carbocycles. The van der Waals surface area contributed by atoms with Gasteiger partial charge in [0, 0.05) is 19.7 Å². The van der Waals surface area contributed by atoms with Gasteiger partial charge >= 0.3 is 0 Å². The fourth-order valence-electron chi connectivity index (χ4n) is 2.75. The number of ketones is 1. The van der Waals surface area contributed by atoms with Gasteiger partial charge in [-0.2, -0.15) is 4.98 Å². The van der Waals surface area contributed by atoms with Crippen LogP contribution in [0.15, 0.2) is 47.4 Å². The molecule has 3 rings (SSSR count). The van der Waals surface area contributed by atoms with Crippen molar-refractivity contribution in [3.8, 4) is 6.01 Å². The van der Waals surface area contributed by atoms with Gasteiger partial charge in [0.1, 0.15) is 6.61 Å². The van der Waals surface area contributed by atoms with Crippen molar-refractivity contribution in [3.63, 3.8) is 0 Å². The molecule has 0 bridgehead atoms. The molecule has 0 saturated heterocycles. The normalized spacial score (nSPS) is 11.6. The highest BCUT2D eigenvalue weighted by Crippen LogP contribution is 2.27. The minimum atomic E-state index is -3.82. The molecule has 0 amide bonds. The van der Waals surface area contributed by atoms with Crippen LogP contribution in [0.1, 0.15) is 10.4 Å². The Morgan fingerprint density at radius 2 is 1.89 bits per heavy atom. The Labute approximate surface area is 156 Å². The molecule has 9 heteroatoms. The predicted molar refractivity (Wildman–Crippen MR) is 101 cm³/mol. The molecule has 1 aromatic heterocycles. The van der Waals surface area contributed by atoms with Crippen LogP contribution in [0, 0.1) is 0 Å². The number of hydrogen-bond donors (Lipinski definition) is 1. The molecule has 27 heavy (non-hydrogen) atoms. The molecule has 1 N–H and O–H groups in total. The first-order valence-corrected chi connectivity index (χ1v) is 9.47. The van der Waals surface area contributed by atoms with E-state index in [2.05, 4.69) is 4.98 Å². The Kier molecular flexibility index (Phi) is 4.90. The van der Waals surface area contributed by atoms with Gasteiger partial charge in [0.2, 0.25) is 0 Å². The molecule has 3 aromatic rings. The molecular weight excluding hydrogens is 370 g/mol. The Bertz CT molecular complexity index is 1100. The maximum Gasteiger partial charge on any atom is 0.296 e. The Hall–Kier alpha value is -2.91. The summed E-state index contributed by atoms with van der Waals surface area (Å²) in [6.45, 7) is -0.596. The highest BCUT2D eigenvalue weighted by Gasteiger charge is 2.23. The van der Waals surface area contributed by atoms with E-state index in [9.17, 15) is 13.2 Å². The smallest absolute Gasteiger partial charge is 0.296 e. The van der Waals surface area contributed by atoms with Gasteiger partial charge in [0.15, 0.2) is 5.78 Å². The number of aliphatic hydroxyl groups is 1. The van der Waals surface area contributed by atoms with E-state index in [1.165, 1.54) is 50.6 Å². The van der Waals surface area contributed by atoms with Crippen molar-refractivity contribution in [1.82, 2.24) is 9.55 Å². The Morgan fingerprint density at radius 3 is 2.48 bits per heavy atom. The fourth-order valence-corrected chi connectivity index (χ4v) is 3.96. The first-order chi connectivity index (χ1) is 12.8. The third-order valence-corrected chi connectivity index (χ3v) is 6.13. The molecule has 2 aromatic carbocycles. The van der Waals surface area contributed by atoms with Gasteiger partial charge in [0.05, 0.1) is 28.7 Å². The first-order valence-electron chi connectivity index (χ1n) is 8.03. The SMILES string of the molecule is COc1nc2cc(S(=O)(=O)N(C)c3ccc(C(=O)CO)cc3)ccc2n1C. The lowest BCUT2D eigenvalue weighted by atomic mass is 10.1. The first kappa shape index (κ1) is 18.9.